The molecule has 2 amide bonds. The molecular weight excluding hydrogens is 278 g/mol. The summed E-state index contributed by atoms with van der Waals surface area (Å²) in [7, 11) is 0. The highest BCUT2D eigenvalue weighted by Crippen LogP contribution is 2.27. The minimum absolute atomic E-state index is 0.160. The van der Waals surface area contributed by atoms with Gasteiger partial charge in [0.2, 0.25) is 0 Å². The van der Waals surface area contributed by atoms with Crippen molar-refractivity contribution >= 4 is 23.8 Å². The van der Waals surface area contributed by atoms with Crippen LogP contribution in [0.3, 0.4) is 0 Å². The number of aliphatic carboxylic acids is 1. The molecule has 0 aliphatic carbocycles. The van der Waals surface area contributed by atoms with E-state index in [1.54, 1.807) is 11.8 Å². The first-order valence-electron chi connectivity index (χ1n) is 7.14. The summed E-state index contributed by atoms with van der Waals surface area (Å²) in [5.74, 6) is -0.250. The fraction of sp³-hybridized carbons (Fsp3) is 0.846. The predicted octanol–water partition coefficient (Wildman–Crippen LogP) is 0.729. The van der Waals surface area contributed by atoms with Crippen LogP contribution in [0.2, 0.25) is 0 Å². The highest BCUT2D eigenvalue weighted by atomic mass is 32.2. The molecule has 0 bridgehead atoms. The van der Waals surface area contributed by atoms with Gasteiger partial charge in [0.05, 0.1) is 0 Å². The average Bonchev–Trinajstić information content (AvgIpc) is 2.99. The Bertz CT molecular complexity index is 367. The van der Waals surface area contributed by atoms with E-state index >= 15 is 0 Å². The fourth-order valence-electron chi connectivity index (χ4n) is 3.11. The second-order valence-electron chi connectivity index (χ2n) is 5.43. The molecule has 7 heteroatoms. The first-order valence-corrected chi connectivity index (χ1v) is 8.54. The van der Waals surface area contributed by atoms with Gasteiger partial charge in [0.15, 0.2) is 0 Å². The third-order valence-electron chi connectivity index (χ3n) is 4.14. The maximum absolute atomic E-state index is 12.0. The van der Waals surface area contributed by atoms with E-state index in [1.807, 2.05) is 6.26 Å². The monoisotopic (exact) mass is 301 g/mol. The maximum Gasteiger partial charge on any atom is 0.326 e. The summed E-state index contributed by atoms with van der Waals surface area (Å²) in [5, 5.41) is 14.6. The van der Waals surface area contributed by atoms with Crippen molar-refractivity contribution in [2.24, 2.45) is 0 Å². The van der Waals surface area contributed by atoms with E-state index in [9.17, 15) is 9.59 Å². The molecule has 6 nitrogen and oxygen atoms in total. The molecule has 114 valence electrons. The molecule has 2 rings (SSSR count). The van der Waals surface area contributed by atoms with E-state index in [1.165, 1.54) is 6.42 Å². The van der Waals surface area contributed by atoms with E-state index < -0.39 is 12.0 Å². The minimum atomic E-state index is -0.969. The van der Waals surface area contributed by atoms with E-state index in [-0.39, 0.29) is 12.1 Å². The number of hydrogen-bond donors (Lipinski definition) is 3. The fourth-order valence-corrected chi connectivity index (χ4v) is 3.58. The van der Waals surface area contributed by atoms with Crippen LogP contribution < -0.4 is 10.6 Å². The number of carboxylic acid groups (broad SMARTS) is 1. The molecule has 0 aromatic carbocycles. The lowest BCUT2D eigenvalue weighted by molar-refractivity contribution is -0.139. The van der Waals surface area contributed by atoms with Gasteiger partial charge in [-0.15, -0.1) is 0 Å². The van der Waals surface area contributed by atoms with Gasteiger partial charge in [0.25, 0.3) is 0 Å². The van der Waals surface area contributed by atoms with Crippen molar-refractivity contribution in [2.45, 2.75) is 43.8 Å². The maximum atomic E-state index is 12.0. The lowest BCUT2D eigenvalue weighted by Gasteiger charge is -2.22. The number of rotatable bonds is 6. The number of thioether (sulfide) groups is 1. The Morgan fingerprint density at radius 1 is 1.40 bits per heavy atom. The number of amides is 2. The van der Waals surface area contributed by atoms with E-state index in [2.05, 4.69) is 15.5 Å². The Labute approximate surface area is 123 Å². The topological polar surface area (TPSA) is 81.7 Å². The van der Waals surface area contributed by atoms with Crippen LogP contribution in [0.4, 0.5) is 4.79 Å². The zero-order chi connectivity index (χ0) is 14.5. The van der Waals surface area contributed by atoms with Crippen LogP contribution in [-0.2, 0) is 4.79 Å². The Morgan fingerprint density at radius 2 is 2.20 bits per heavy atom. The van der Waals surface area contributed by atoms with Gasteiger partial charge in [0.1, 0.15) is 6.04 Å². The second-order valence-corrected chi connectivity index (χ2v) is 6.42. The van der Waals surface area contributed by atoms with Crippen molar-refractivity contribution < 1.29 is 14.7 Å². The summed E-state index contributed by atoms with van der Waals surface area (Å²) in [4.78, 5) is 25.5. The quantitative estimate of drug-likeness (QED) is 0.674. The molecule has 0 radical (unpaired) electrons. The molecule has 0 aromatic heterocycles. The van der Waals surface area contributed by atoms with Gasteiger partial charge in [-0.1, -0.05) is 0 Å². The Balaban J connectivity index is 1.80. The number of nitrogens with one attached hydrogen (secondary N) is 2. The van der Waals surface area contributed by atoms with Crippen LogP contribution in [0, 0.1) is 0 Å². The van der Waals surface area contributed by atoms with Crippen LogP contribution in [0.1, 0.15) is 25.7 Å². The van der Waals surface area contributed by atoms with Gasteiger partial charge < -0.3 is 15.7 Å². The molecule has 3 N–H and O–H groups in total. The minimum Gasteiger partial charge on any atom is -0.480 e. The van der Waals surface area contributed by atoms with Gasteiger partial charge in [-0.25, -0.2) is 9.59 Å². The predicted molar refractivity (Wildman–Crippen MR) is 79.1 cm³/mol. The van der Waals surface area contributed by atoms with E-state index in [4.69, 9.17) is 5.11 Å². The number of hydrogen-bond acceptors (Lipinski definition) is 4. The first kappa shape index (κ1) is 15.4. The lowest BCUT2D eigenvalue weighted by Crippen LogP contribution is -2.51. The second kappa shape index (κ2) is 7.17. The third kappa shape index (κ3) is 3.79. The first-order chi connectivity index (χ1) is 9.61. The third-order valence-corrected chi connectivity index (χ3v) is 4.78. The molecule has 2 saturated heterocycles. The standard InChI is InChI=1S/C13H23N3O3S/c1-20-8-5-10(12(17)18)15-13(19)14-9-4-7-16-6-2-3-11(9)16/h9-11H,2-8H2,1H3,(H,17,18)(H2,14,15,19)/t9?,10-,11?/m1/s1. The number of fused-ring (bicyclic) bond motifs is 1. The molecule has 2 unspecified atom stereocenters. The van der Waals surface area contributed by atoms with Crippen LogP contribution in [0.25, 0.3) is 0 Å². The van der Waals surface area contributed by atoms with Gasteiger partial charge in [0, 0.05) is 18.6 Å². The zero-order valence-electron chi connectivity index (χ0n) is 11.8. The number of carboxylic acids is 1. The van der Waals surface area contributed by atoms with Crippen molar-refractivity contribution in [2.75, 3.05) is 25.1 Å². The molecule has 2 aliphatic heterocycles. The van der Waals surface area contributed by atoms with Gasteiger partial charge in [-0.3, -0.25) is 4.90 Å². The molecule has 0 aromatic rings. The highest BCUT2D eigenvalue weighted by molar-refractivity contribution is 7.98. The Hall–Kier alpha value is -0.950. The van der Waals surface area contributed by atoms with Gasteiger partial charge in [-0.05, 0) is 44.2 Å². The molecule has 3 atom stereocenters. The van der Waals surface area contributed by atoms with Crippen molar-refractivity contribution in [1.29, 1.82) is 0 Å². The molecule has 0 spiro atoms. The molecule has 2 fully saturated rings. The van der Waals surface area contributed by atoms with Gasteiger partial charge >= 0.3 is 12.0 Å². The largest absolute Gasteiger partial charge is 0.480 e. The molecule has 2 aliphatic rings. The lowest BCUT2D eigenvalue weighted by atomic mass is 10.1. The number of carbonyl (C=O) groups excluding carboxylic acids is 1. The molecular formula is C13H23N3O3S. The number of carbonyl (C=O) groups is 2. The van der Waals surface area contributed by atoms with E-state index in [0.717, 1.165) is 31.7 Å². The van der Waals surface area contributed by atoms with Crippen LogP contribution in [-0.4, -0.2) is 65.2 Å². The van der Waals surface area contributed by atoms with E-state index in [0.29, 0.717) is 12.5 Å². The average molecular weight is 301 g/mol. The van der Waals surface area contributed by atoms with Crippen LogP contribution in [0.15, 0.2) is 0 Å². The Morgan fingerprint density at radius 3 is 2.90 bits per heavy atom. The summed E-state index contributed by atoms with van der Waals surface area (Å²) in [6, 6.07) is -0.552. The molecule has 2 heterocycles. The summed E-state index contributed by atoms with van der Waals surface area (Å²) in [6.07, 6.45) is 5.65. The van der Waals surface area contributed by atoms with Crippen LogP contribution >= 0.6 is 11.8 Å². The number of urea groups is 1. The summed E-state index contributed by atoms with van der Waals surface area (Å²) in [6.45, 7) is 2.15. The van der Waals surface area contributed by atoms with Gasteiger partial charge in [-0.2, -0.15) is 11.8 Å². The molecule has 0 saturated carbocycles. The highest BCUT2D eigenvalue weighted by Gasteiger charge is 2.38. The van der Waals surface area contributed by atoms with Crippen molar-refractivity contribution in [3.8, 4) is 0 Å². The summed E-state index contributed by atoms with van der Waals surface area (Å²) < 4.78 is 0. The Kier molecular flexibility index (Phi) is 5.54. The van der Waals surface area contributed by atoms with Crippen LogP contribution in [0.5, 0.6) is 0 Å². The molecule has 20 heavy (non-hydrogen) atoms. The summed E-state index contributed by atoms with van der Waals surface area (Å²) in [5.41, 5.74) is 0. The number of nitrogens with zero attached hydrogens (tertiary/aromatic N) is 1. The SMILES string of the molecule is CSCC[C@@H](NC(=O)NC1CCN2CCCC12)C(=O)O. The zero-order valence-corrected chi connectivity index (χ0v) is 12.6. The van der Waals surface area contributed by atoms with Crippen molar-refractivity contribution in [1.82, 2.24) is 15.5 Å². The summed E-state index contributed by atoms with van der Waals surface area (Å²) >= 11 is 1.58. The van der Waals surface area contributed by atoms with Crippen molar-refractivity contribution in [3.05, 3.63) is 0 Å². The van der Waals surface area contributed by atoms with Crippen molar-refractivity contribution in [3.63, 3.8) is 0 Å². The normalized spacial score (nSPS) is 27.1. The smallest absolute Gasteiger partial charge is 0.326 e.